The van der Waals surface area contributed by atoms with Gasteiger partial charge in [-0.15, -0.1) is 10.2 Å². The zero-order valence-corrected chi connectivity index (χ0v) is 13.1. The van der Waals surface area contributed by atoms with E-state index in [4.69, 9.17) is 11.6 Å². The van der Waals surface area contributed by atoms with E-state index in [2.05, 4.69) is 37.9 Å². The lowest BCUT2D eigenvalue weighted by Crippen LogP contribution is -2.06. The molecule has 3 nitrogen and oxygen atoms in total. The number of aromatic nitrogens is 3. The summed E-state index contributed by atoms with van der Waals surface area (Å²) in [4.78, 5) is 0. The Morgan fingerprint density at radius 1 is 1.05 bits per heavy atom. The lowest BCUT2D eigenvalue weighted by atomic mass is 10.0. The van der Waals surface area contributed by atoms with Gasteiger partial charge < -0.3 is 0 Å². The van der Waals surface area contributed by atoms with Crippen molar-refractivity contribution in [3.05, 3.63) is 35.6 Å². The molecule has 0 spiro atoms. The Hall–Kier alpha value is -1.35. The highest BCUT2D eigenvalue weighted by Gasteiger charge is 2.64. The van der Waals surface area contributed by atoms with Crippen LogP contribution in [0.25, 0.3) is 11.4 Å². The van der Waals surface area contributed by atoms with Crippen molar-refractivity contribution in [3.8, 4) is 11.4 Å². The molecule has 106 valence electrons. The summed E-state index contributed by atoms with van der Waals surface area (Å²) in [6, 6.07) is 10.1. The molecule has 1 aliphatic rings. The Bertz CT molecular complexity index is 614. The van der Waals surface area contributed by atoms with E-state index < -0.39 is 0 Å². The highest BCUT2D eigenvalue weighted by atomic mass is 35.5. The topological polar surface area (TPSA) is 30.7 Å². The number of nitrogens with zero attached hydrogens (tertiary/aromatic N) is 3. The molecule has 1 heterocycles. The maximum atomic E-state index is 6.24. The predicted molar refractivity (Wildman–Crippen MR) is 81.5 cm³/mol. The van der Waals surface area contributed by atoms with Gasteiger partial charge in [-0.05, 0) is 28.3 Å². The molecule has 1 aromatic heterocycles. The third kappa shape index (κ3) is 1.87. The fraction of sp³-hybridized carbons (Fsp3) is 0.500. The third-order valence-corrected chi connectivity index (χ3v) is 5.70. The van der Waals surface area contributed by atoms with E-state index in [1.54, 1.807) is 0 Å². The van der Waals surface area contributed by atoms with E-state index in [0.717, 1.165) is 17.9 Å². The summed E-state index contributed by atoms with van der Waals surface area (Å²) in [6.45, 7) is 10.1. The van der Waals surface area contributed by atoms with Gasteiger partial charge in [-0.1, -0.05) is 58.0 Å². The minimum atomic E-state index is 0.328. The summed E-state index contributed by atoms with van der Waals surface area (Å²) in [6.07, 6.45) is 0. The minimum Gasteiger partial charge on any atom is -0.297 e. The number of rotatable bonds is 3. The molecule has 0 N–H and O–H groups in total. The van der Waals surface area contributed by atoms with Crippen LogP contribution in [-0.4, -0.2) is 14.8 Å². The third-order valence-electron chi connectivity index (χ3n) is 5.42. The van der Waals surface area contributed by atoms with Gasteiger partial charge >= 0.3 is 0 Å². The Kier molecular flexibility index (Phi) is 2.94. The Labute approximate surface area is 125 Å². The molecule has 1 aromatic carbocycles. The molecule has 0 bridgehead atoms. The van der Waals surface area contributed by atoms with Crippen molar-refractivity contribution in [1.29, 1.82) is 0 Å². The summed E-state index contributed by atoms with van der Waals surface area (Å²) < 4.78 is 2.04. The lowest BCUT2D eigenvalue weighted by Gasteiger charge is -2.09. The first-order valence-electron chi connectivity index (χ1n) is 7.00. The van der Waals surface area contributed by atoms with Crippen LogP contribution < -0.4 is 0 Å². The van der Waals surface area contributed by atoms with Gasteiger partial charge in [0.15, 0.2) is 5.82 Å². The van der Waals surface area contributed by atoms with Crippen LogP contribution in [0.15, 0.2) is 30.3 Å². The van der Waals surface area contributed by atoms with Crippen LogP contribution in [0.5, 0.6) is 0 Å². The van der Waals surface area contributed by atoms with E-state index >= 15 is 0 Å². The van der Waals surface area contributed by atoms with Crippen molar-refractivity contribution in [1.82, 2.24) is 14.8 Å². The maximum Gasteiger partial charge on any atom is 0.225 e. The minimum absolute atomic E-state index is 0.328. The van der Waals surface area contributed by atoms with Gasteiger partial charge in [0.2, 0.25) is 5.28 Å². The molecule has 1 fully saturated rings. The standard InChI is InChI=1S/C16H20ClN3/c1-15(2)12(16(15,3)4)10-20-13(18-19-14(20)17)11-8-6-5-7-9-11/h5-9,12H,10H2,1-4H3. The second kappa shape index (κ2) is 4.32. The van der Waals surface area contributed by atoms with E-state index in [-0.39, 0.29) is 0 Å². The highest BCUT2D eigenvalue weighted by Crippen LogP contribution is 2.69. The van der Waals surface area contributed by atoms with Crippen LogP contribution in [0, 0.1) is 16.7 Å². The maximum absolute atomic E-state index is 6.24. The molecule has 2 aromatic rings. The van der Waals surface area contributed by atoms with Crippen molar-refractivity contribution < 1.29 is 0 Å². The normalized spacial score (nSPS) is 20.1. The summed E-state index contributed by atoms with van der Waals surface area (Å²) in [5.41, 5.74) is 1.71. The van der Waals surface area contributed by atoms with Crippen LogP contribution in [0.4, 0.5) is 0 Å². The zero-order valence-electron chi connectivity index (χ0n) is 12.4. The van der Waals surface area contributed by atoms with E-state index in [9.17, 15) is 0 Å². The smallest absolute Gasteiger partial charge is 0.225 e. The largest absolute Gasteiger partial charge is 0.297 e. The highest BCUT2D eigenvalue weighted by molar-refractivity contribution is 6.28. The molecule has 3 rings (SSSR count). The zero-order chi connectivity index (χ0) is 14.5. The Morgan fingerprint density at radius 2 is 1.65 bits per heavy atom. The molecule has 0 atom stereocenters. The second-order valence-corrected chi connectivity index (χ2v) is 7.10. The van der Waals surface area contributed by atoms with Crippen molar-refractivity contribution in [2.75, 3.05) is 0 Å². The molecule has 20 heavy (non-hydrogen) atoms. The van der Waals surface area contributed by atoms with Crippen LogP contribution >= 0.6 is 11.6 Å². The first-order valence-corrected chi connectivity index (χ1v) is 7.37. The summed E-state index contributed by atoms with van der Waals surface area (Å²) in [7, 11) is 0. The number of hydrogen-bond acceptors (Lipinski definition) is 2. The average molecular weight is 290 g/mol. The lowest BCUT2D eigenvalue weighted by molar-refractivity contribution is 0.457. The first kappa shape index (κ1) is 13.6. The molecule has 0 radical (unpaired) electrons. The van der Waals surface area contributed by atoms with Crippen molar-refractivity contribution in [3.63, 3.8) is 0 Å². The van der Waals surface area contributed by atoms with E-state index in [0.29, 0.717) is 22.0 Å². The molecule has 1 saturated carbocycles. The molecular formula is C16H20ClN3. The van der Waals surface area contributed by atoms with E-state index in [1.165, 1.54) is 0 Å². The van der Waals surface area contributed by atoms with Gasteiger partial charge in [0.05, 0.1) is 0 Å². The predicted octanol–water partition coefficient (Wildman–Crippen LogP) is 4.28. The molecule has 0 aliphatic heterocycles. The van der Waals surface area contributed by atoms with Gasteiger partial charge in [-0.2, -0.15) is 0 Å². The second-order valence-electron chi connectivity index (χ2n) is 6.77. The van der Waals surface area contributed by atoms with Crippen molar-refractivity contribution >= 4 is 11.6 Å². The number of benzene rings is 1. The summed E-state index contributed by atoms with van der Waals surface area (Å²) in [5, 5.41) is 8.77. The average Bonchev–Trinajstić information content (AvgIpc) is 2.71. The Balaban J connectivity index is 1.94. The van der Waals surface area contributed by atoms with Gasteiger partial charge in [0, 0.05) is 12.1 Å². The summed E-state index contributed by atoms with van der Waals surface area (Å²) >= 11 is 6.24. The molecule has 4 heteroatoms. The monoisotopic (exact) mass is 289 g/mol. The molecular weight excluding hydrogens is 270 g/mol. The SMILES string of the molecule is CC1(C)C(Cn2c(Cl)nnc2-c2ccccc2)C1(C)C. The van der Waals surface area contributed by atoms with Crippen LogP contribution in [0.3, 0.4) is 0 Å². The molecule has 0 saturated heterocycles. The van der Waals surface area contributed by atoms with Crippen molar-refractivity contribution in [2.24, 2.45) is 16.7 Å². The number of halogens is 1. The van der Waals surface area contributed by atoms with Gasteiger partial charge in [-0.25, -0.2) is 0 Å². The van der Waals surface area contributed by atoms with Crippen LogP contribution in [0.2, 0.25) is 5.28 Å². The number of hydrogen-bond donors (Lipinski definition) is 0. The first-order chi connectivity index (χ1) is 9.35. The Morgan fingerprint density at radius 3 is 2.20 bits per heavy atom. The molecule has 1 aliphatic carbocycles. The van der Waals surface area contributed by atoms with Crippen molar-refractivity contribution in [2.45, 2.75) is 34.2 Å². The quantitative estimate of drug-likeness (QED) is 0.844. The fourth-order valence-corrected chi connectivity index (χ4v) is 3.41. The van der Waals surface area contributed by atoms with Crippen LogP contribution in [0.1, 0.15) is 27.7 Å². The van der Waals surface area contributed by atoms with Gasteiger partial charge in [0.25, 0.3) is 0 Å². The van der Waals surface area contributed by atoms with Gasteiger partial charge in [0.1, 0.15) is 0 Å². The van der Waals surface area contributed by atoms with Crippen LogP contribution in [-0.2, 0) is 6.54 Å². The summed E-state index contributed by atoms with van der Waals surface area (Å²) in [5.74, 6) is 1.44. The molecule has 0 unspecified atom stereocenters. The van der Waals surface area contributed by atoms with E-state index in [1.807, 2.05) is 34.9 Å². The molecule has 0 amide bonds. The fourth-order valence-electron chi connectivity index (χ4n) is 3.22. The van der Waals surface area contributed by atoms with Gasteiger partial charge in [-0.3, -0.25) is 4.57 Å².